The van der Waals surface area contributed by atoms with Crippen molar-refractivity contribution >= 4 is 5.91 Å². The van der Waals surface area contributed by atoms with Gasteiger partial charge in [-0.3, -0.25) is 14.4 Å². The predicted molar refractivity (Wildman–Crippen MR) is 88.8 cm³/mol. The van der Waals surface area contributed by atoms with Crippen LogP contribution >= 0.6 is 0 Å². The molecule has 1 fully saturated rings. The maximum atomic E-state index is 11.9. The normalized spacial score (nSPS) is 21.1. The number of carbonyl (C=O) groups is 1. The predicted octanol–water partition coefficient (Wildman–Crippen LogP) is 0.640. The summed E-state index contributed by atoms with van der Waals surface area (Å²) in [7, 11) is 3.76. The van der Waals surface area contributed by atoms with Gasteiger partial charge in [0.05, 0.1) is 12.1 Å². The number of nitrogens with zero attached hydrogens (tertiary/aromatic N) is 5. The highest BCUT2D eigenvalue weighted by Crippen LogP contribution is 2.34. The van der Waals surface area contributed by atoms with Gasteiger partial charge in [-0.1, -0.05) is 0 Å². The number of hydrogen-bond donors (Lipinski definition) is 1. The minimum absolute atomic E-state index is 0.0651. The minimum Gasteiger partial charge on any atom is -0.369 e. The molecule has 0 aromatic carbocycles. The zero-order valence-corrected chi connectivity index (χ0v) is 14.2. The maximum Gasteiger partial charge on any atom is 0.222 e. The van der Waals surface area contributed by atoms with Gasteiger partial charge in [0.1, 0.15) is 11.8 Å². The molecule has 1 aliphatic heterocycles. The van der Waals surface area contributed by atoms with Crippen molar-refractivity contribution in [3.05, 3.63) is 41.0 Å². The number of aryl methyl sites for hydroxylation is 2. The van der Waals surface area contributed by atoms with Crippen LogP contribution in [0.15, 0.2) is 18.5 Å². The number of amides is 1. The minimum atomic E-state index is -0.267. The molecule has 2 aromatic heterocycles. The van der Waals surface area contributed by atoms with Gasteiger partial charge in [-0.15, -0.1) is 0 Å². The quantitative estimate of drug-likeness (QED) is 0.892. The number of rotatable bonds is 4. The van der Waals surface area contributed by atoms with Crippen molar-refractivity contribution < 1.29 is 4.79 Å². The molecule has 2 N–H and O–H groups in total. The molecule has 0 saturated carbocycles. The Balaban J connectivity index is 1.81. The molecule has 1 aliphatic rings. The second-order valence-corrected chi connectivity index (χ2v) is 6.57. The first-order valence-corrected chi connectivity index (χ1v) is 7.96. The van der Waals surface area contributed by atoms with E-state index in [1.54, 1.807) is 0 Å². The lowest BCUT2D eigenvalue weighted by Crippen LogP contribution is -2.29. The van der Waals surface area contributed by atoms with Crippen molar-refractivity contribution in [1.29, 1.82) is 5.26 Å². The van der Waals surface area contributed by atoms with Crippen LogP contribution in [0.25, 0.3) is 0 Å². The molecule has 1 saturated heterocycles. The van der Waals surface area contributed by atoms with Gasteiger partial charge in [-0.05, 0) is 24.1 Å². The summed E-state index contributed by atoms with van der Waals surface area (Å²) in [6.45, 7) is 4.11. The first-order valence-electron chi connectivity index (χ1n) is 7.96. The Labute approximate surface area is 141 Å². The summed E-state index contributed by atoms with van der Waals surface area (Å²) >= 11 is 0. The van der Waals surface area contributed by atoms with Crippen LogP contribution in [0, 0.1) is 24.2 Å². The third-order valence-corrected chi connectivity index (χ3v) is 5.02. The van der Waals surface area contributed by atoms with Crippen LogP contribution in [-0.2, 0) is 25.4 Å². The van der Waals surface area contributed by atoms with Crippen molar-refractivity contribution in [2.75, 3.05) is 13.1 Å². The lowest BCUT2D eigenvalue weighted by molar-refractivity contribution is -0.121. The number of aromatic nitrogens is 3. The van der Waals surface area contributed by atoms with Gasteiger partial charge in [-0.25, -0.2) is 0 Å². The third kappa shape index (κ3) is 2.81. The first kappa shape index (κ1) is 16.3. The Bertz CT molecular complexity index is 812. The van der Waals surface area contributed by atoms with E-state index in [1.165, 1.54) is 0 Å². The third-order valence-electron chi connectivity index (χ3n) is 5.02. The van der Waals surface area contributed by atoms with Gasteiger partial charge in [0.15, 0.2) is 0 Å². The number of likely N-dealkylation sites (tertiary alicyclic amines) is 1. The average molecular weight is 326 g/mol. The highest BCUT2D eigenvalue weighted by molar-refractivity contribution is 5.78. The van der Waals surface area contributed by atoms with E-state index in [0.29, 0.717) is 18.8 Å². The molecule has 7 heteroatoms. The number of nitriles is 1. The molecule has 3 rings (SSSR count). The van der Waals surface area contributed by atoms with Crippen LogP contribution in [0.4, 0.5) is 0 Å². The van der Waals surface area contributed by atoms with E-state index in [1.807, 2.05) is 48.7 Å². The van der Waals surface area contributed by atoms with E-state index in [4.69, 9.17) is 11.0 Å². The van der Waals surface area contributed by atoms with Gasteiger partial charge in [-0.2, -0.15) is 10.4 Å². The van der Waals surface area contributed by atoms with E-state index < -0.39 is 0 Å². The van der Waals surface area contributed by atoms with E-state index in [9.17, 15) is 4.79 Å². The average Bonchev–Trinajstić information content (AvgIpc) is 3.19. The monoisotopic (exact) mass is 326 g/mol. The molecule has 126 valence electrons. The summed E-state index contributed by atoms with van der Waals surface area (Å²) in [6, 6.07) is 4.06. The van der Waals surface area contributed by atoms with Crippen molar-refractivity contribution in [1.82, 2.24) is 19.2 Å². The molecule has 0 spiro atoms. The largest absolute Gasteiger partial charge is 0.369 e. The highest BCUT2D eigenvalue weighted by atomic mass is 16.1. The number of nitrogens with two attached hydrogens (primary N) is 1. The van der Waals surface area contributed by atoms with Gasteiger partial charge >= 0.3 is 0 Å². The standard InChI is InChI=1S/C17H22N6O/c1-11-14(6-20-22(11)3)15-9-23(10-16(15)17(19)24)8-12-4-13(5-18)21(2)7-12/h4,6-7,15-16H,8-10H2,1-3H3,(H2,19,24)/t15-,16+/m1/s1. The molecule has 2 aromatic rings. The fourth-order valence-electron chi connectivity index (χ4n) is 3.59. The van der Waals surface area contributed by atoms with Crippen LogP contribution in [-0.4, -0.2) is 38.2 Å². The maximum absolute atomic E-state index is 11.9. The molecular weight excluding hydrogens is 304 g/mol. The van der Waals surface area contributed by atoms with Gasteiger partial charge in [0.2, 0.25) is 5.91 Å². The number of carbonyl (C=O) groups excluding carboxylic acids is 1. The topological polar surface area (TPSA) is 92.9 Å². The van der Waals surface area contributed by atoms with Crippen molar-refractivity contribution in [2.24, 2.45) is 25.7 Å². The van der Waals surface area contributed by atoms with E-state index in [-0.39, 0.29) is 17.7 Å². The Kier molecular flexibility index (Phi) is 4.16. The molecule has 3 heterocycles. The van der Waals surface area contributed by atoms with Gasteiger partial charge < -0.3 is 10.3 Å². The molecular formula is C17H22N6O. The zero-order valence-electron chi connectivity index (χ0n) is 14.2. The van der Waals surface area contributed by atoms with Crippen LogP contribution in [0.3, 0.4) is 0 Å². The fourth-order valence-corrected chi connectivity index (χ4v) is 3.59. The number of primary amides is 1. The zero-order chi connectivity index (χ0) is 17.4. The summed E-state index contributed by atoms with van der Waals surface area (Å²) < 4.78 is 3.64. The van der Waals surface area contributed by atoms with Crippen LogP contribution in [0.2, 0.25) is 0 Å². The van der Waals surface area contributed by atoms with Gasteiger partial charge in [0, 0.05) is 51.5 Å². The van der Waals surface area contributed by atoms with E-state index in [0.717, 1.165) is 23.4 Å². The second-order valence-electron chi connectivity index (χ2n) is 6.57. The Morgan fingerprint density at radius 1 is 1.46 bits per heavy atom. The molecule has 2 atom stereocenters. The molecule has 1 amide bonds. The second kappa shape index (κ2) is 6.13. The first-order chi connectivity index (χ1) is 11.4. The SMILES string of the molecule is Cc1c([C@H]2CN(Cc3cc(C#N)n(C)c3)C[C@@H]2C(N)=O)cnn1C. The Morgan fingerprint density at radius 3 is 2.75 bits per heavy atom. The van der Waals surface area contributed by atoms with E-state index in [2.05, 4.69) is 16.1 Å². The van der Waals surface area contributed by atoms with Crippen molar-refractivity contribution in [3.8, 4) is 6.07 Å². The number of hydrogen-bond acceptors (Lipinski definition) is 4. The lowest BCUT2D eigenvalue weighted by Gasteiger charge is -2.15. The van der Waals surface area contributed by atoms with Crippen LogP contribution in [0.5, 0.6) is 0 Å². The summed E-state index contributed by atoms with van der Waals surface area (Å²) in [5.74, 6) is -0.418. The summed E-state index contributed by atoms with van der Waals surface area (Å²) in [6.07, 6.45) is 3.80. The molecule has 0 aliphatic carbocycles. The lowest BCUT2D eigenvalue weighted by atomic mass is 9.89. The molecule has 0 radical (unpaired) electrons. The Morgan fingerprint density at radius 2 is 2.21 bits per heavy atom. The summed E-state index contributed by atoms with van der Waals surface area (Å²) in [5, 5.41) is 13.4. The summed E-state index contributed by atoms with van der Waals surface area (Å²) in [5.41, 5.74) is 9.51. The molecule has 0 bridgehead atoms. The van der Waals surface area contributed by atoms with Crippen molar-refractivity contribution in [3.63, 3.8) is 0 Å². The van der Waals surface area contributed by atoms with E-state index >= 15 is 0 Å². The smallest absolute Gasteiger partial charge is 0.222 e. The summed E-state index contributed by atoms with van der Waals surface area (Å²) in [4.78, 5) is 14.2. The molecule has 7 nitrogen and oxygen atoms in total. The van der Waals surface area contributed by atoms with Crippen molar-refractivity contribution in [2.45, 2.75) is 19.4 Å². The molecule has 0 unspecified atom stereocenters. The molecule has 24 heavy (non-hydrogen) atoms. The van der Waals surface area contributed by atoms with Gasteiger partial charge in [0.25, 0.3) is 0 Å². The fraction of sp³-hybridized carbons (Fsp3) is 0.471. The van der Waals surface area contributed by atoms with Crippen LogP contribution in [0.1, 0.15) is 28.4 Å². The highest BCUT2D eigenvalue weighted by Gasteiger charge is 2.38. The van der Waals surface area contributed by atoms with Crippen LogP contribution < -0.4 is 5.73 Å². The Hall–Kier alpha value is -2.59.